The van der Waals surface area contributed by atoms with E-state index in [-0.39, 0.29) is 24.9 Å². The van der Waals surface area contributed by atoms with Crippen molar-refractivity contribution in [1.82, 2.24) is 14.9 Å². The fourth-order valence-electron chi connectivity index (χ4n) is 3.27. The number of ether oxygens (including phenoxy) is 3. The van der Waals surface area contributed by atoms with E-state index in [4.69, 9.17) is 19.3 Å². The predicted octanol–water partition coefficient (Wildman–Crippen LogP) is 1.20. The van der Waals surface area contributed by atoms with Gasteiger partial charge in [-0.25, -0.2) is 4.98 Å². The van der Waals surface area contributed by atoms with E-state index in [0.717, 1.165) is 22.8 Å². The average molecular weight is 387 g/mol. The summed E-state index contributed by atoms with van der Waals surface area (Å²) >= 11 is 0. The number of carboxylic acid groups (broad SMARTS) is 1. The first-order valence-electron chi connectivity index (χ1n) is 9.14. The first kappa shape index (κ1) is 18.3. The van der Waals surface area contributed by atoms with Crippen LogP contribution in [0.4, 0.5) is 0 Å². The lowest BCUT2D eigenvalue weighted by atomic mass is 10.1. The van der Waals surface area contributed by atoms with Crippen molar-refractivity contribution in [2.45, 2.75) is 32.1 Å². The molecule has 4 rings (SSSR count). The van der Waals surface area contributed by atoms with Gasteiger partial charge in [0.1, 0.15) is 25.6 Å². The van der Waals surface area contributed by atoms with Gasteiger partial charge in [0.05, 0.1) is 31.0 Å². The molecule has 1 atom stereocenters. The van der Waals surface area contributed by atoms with Crippen molar-refractivity contribution < 1.29 is 28.9 Å². The Balaban J connectivity index is 1.44. The van der Waals surface area contributed by atoms with E-state index < -0.39 is 5.97 Å². The number of carbonyl (C=O) groups is 2. The molecule has 0 unspecified atom stereocenters. The summed E-state index contributed by atoms with van der Waals surface area (Å²) in [5, 5.41) is 11.4. The van der Waals surface area contributed by atoms with Gasteiger partial charge in [-0.1, -0.05) is 0 Å². The van der Waals surface area contributed by atoms with Gasteiger partial charge in [-0.15, -0.1) is 0 Å². The molecular formula is C19H21N3O6. The number of carboxylic acids is 1. The number of imidazole rings is 1. The van der Waals surface area contributed by atoms with Crippen LogP contribution in [0.5, 0.6) is 11.5 Å². The quantitative estimate of drug-likeness (QED) is 0.766. The van der Waals surface area contributed by atoms with Crippen molar-refractivity contribution in [1.29, 1.82) is 0 Å². The van der Waals surface area contributed by atoms with Crippen molar-refractivity contribution in [3.05, 3.63) is 30.2 Å². The maximum absolute atomic E-state index is 11.7. The lowest BCUT2D eigenvalue weighted by Gasteiger charge is -2.26. The second-order valence-electron chi connectivity index (χ2n) is 6.66. The molecule has 0 aliphatic carbocycles. The Bertz CT molecular complexity index is 894. The molecule has 0 radical (unpaired) electrons. The zero-order valence-electron chi connectivity index (χ0n) is 15.2. The van der Waals surface area contributed by atoms with Crippen LogP contribution in [0.1, 0.15) is 18.7 Å². The van der Waals surface area contributed by atoms with E-state index in [1.165, 1.54) is 0 Å². The van der Waals surface area contributed by atoms with Crippen molar-refractivity contribution in [3.8, 4) is 22.8 Å². The van der Waals surface area contributed by atoms with E-state index in [9.17, 15) is 9.59 Å². The standard InChI is InChI=1S/C19H21N3O6/c23-18(3-4-19(24)25)21-8-13-10-22-14(9-20-17(22)11-28-13)12-1-2-15-16(7-12)27-6-5-26-15/h1-2,7,9,13H,3-6,8,10-11H2,(H,21,23)(H,24,25)/t13-/m0/s1. The Hall–Kier alpha value is -3.07. The summed E-state index contributed by atoms with van der Waals surface area (Å²) in [6.45, 7) is 2.28. The molecule has 148 valence electrons. The fourth-order valence-corrected chi connectivity index (χ4v) is 3.27. The van der Waals surface area contributed by atoms with Gasteiger partial charge in [-0.2, -0.15) is 0 Å². The van der Waals surface area contributed by atoms with Crippen LogP contribution >= 0.6 is 0 Å². The number of nitrogens with zero attached hydrogens (tertiary/aromatic N) is 2. The minimum absolute atomic E-state index is 0.0408. The molecule has 0 saturated carbocycles. The summed E-state index contributed by atoms with van der Waals surface area (Å²) in [6.07, 6.45) is 1.36. The molecule has 1 aromatic carbocycles. The molecular weight excluding hydrogens is 366 g/mol. The molecule has 0 fully saturated rings. The highest BCUT2D eigenvalue weighted by Crippen LogP contribution is 2.35. The molecule has 0 saturated heterocycles. The van der Waals surface area contributed by atoms with Crippen LogP contribution in [0.15, 0.2) is 24.4 Å². The number of carbonyl (C=O) groups excluding carboxylic acids is 1. The Kier molecular flexibility index (Phi) is 5.16. The Morgan fingerprint density at radius 1 is 1.21 bits per heavy atom. The van der Waals surface area contributed by atoms with Gasteiger partial charge < -0.3 is 29.2 Å². The largest absolute Gasteiger partial charge is 0.486 e. The third-order valence-corrected chi connectivity index (χ3v) is 4.70. The van der Waals surface area contributed by atoms with Crippen LogP contribution in [0, 0.1) is 0 Å². The first-order chi connectivity index (χ1) is 13.6. The van der Waals surface area contributed by atoms with Crippen LogP contribution in [0.3, 0.4) is 0 Å². The van der Waals surface area contributed by atoms with Crippen LogP contribution in [-0.4, -0.2) is 52.4 Å². The van der Waals surface area contributed by atoms with Gasteiger partial charge in [-0.3, -0.25) is 9.59 Å². The number of hydrogen-bond donors (Lipinski definition) is 2. The Morgan fingerprint density at radius 2 is 2.04 bits per heavy atom. The van der Waals surface area contributed by atoms with Crippen LogP contribution in [0.25, 0.3) is 11.3 Å². The molecule has 1 amide bonds. The molecule has 0 spiro atoms. The zero-order valence-corrected chi connectivity index (χ0v) is 15.2. The summed E-state index contributed by atoms with van der Waals surface area (Å²) in [5.41, 5.74) is 1.91. The molecule has 2 aliphatic heterocycles. The number of rotatable bonds is 6. The number of hydrogen-bond acceptors (Lipinski definition) is 6. The lowest BCUT2D eigenvalue weighted by Crippen LogP contribution is -2.39. The van der Waals surface area contributed by atoms with E-state index in [1.54, 1.807) is 6.20 Å². The van der Waals surface area contributed by atoms with Crippen molar-refractivity contribution in [3.63, 3.8) is 0 Å². The number of aromatic nitrogens is 2. The summed E-state index contributed by atoms with van der Waals surface area (Å²) in [6, 6.07) is 5.80. The summed E-state index contributed by atoms with van der Waals surface area (Å²) in [5.74, 6) is 0.983. The number of fused-ring (bicyclic) bond motifs is 2. The van der Waals surface area contributed by atoms with Gasteiger partial charge in [0.2, 0.25) is 5.91 Å². The van der Waals surface area contributed by atoms with Gasteiger partial charge in [-0.05, 0) is 18.2 Å². The molecule has 28 heavy (non-hydrogen) atoms. The van der Waals surface area contributed by atoms with Crippen LogP contribution in [-0.2, 0) is 27.5 Å². The first-order valence-corrected chi connectivity index (χ1v) is 9.14. The maximum atomic E-state index is 11.7. The zero-order chi connectivity index (χ0) is 19.5. The Labute approximate surface area is 161 Å². The van der Waals surface area contributed by atoms with Crippen LogP contribution in [0.2, 0.25) is 0 Å². The SMILES string of the molecule is O=C(O)CCC(=O)NC[C@H]1Cn2c(-c3ccc4c(c3)OCCO4)cnc2CO1. The summed E-state index contributed by atoms with van der Waals surface area (Å²) < 4.78 is 19.1. The van der Waals surface area contributed by atoms with Crippen molar-refractivity contribution >= 4 is 11.9 Å². The predicted molar refractivity (Wildman–Crippen MR) is 97.1 cm³/mol. The topological polar surface area (TPSA) is 112 Å². The smallest absolute Gasteiger partial charge is 0.303 e. The minimum Gasteiger partial charge on any atom is -0.486 e. The third-order valence-electron chi connectivity index (χ3n) is 4.70. The van der Waals surface area contributed by atoms with Crippen molar-refractivity contribution in [2.24, 2.45) is 0 Å². The third kappa shape index (κ3) is 3.94. The molecule has 9 heteroatoms. The molecule has 2 aromatic rings. The average Bonchev–Trinajstić information content (AvgIpc) is 3.13. The highest BCUT2D eigenvalue weighted by molar-refractivity contribution is 5.80. The Morgan fingerprint density at radius 3 is 2.86 bits per heavy atom. The lowest BCUT2D eigenvalue weighted by molar-refractivity contribution is -0.138. The number of amides is 1. The van der Waals surface area contributed by atoms with Gasteiger partial charge in [0.25, 0.3) is 0 Å². The van der Waals surface area contributed by atoms with Crippen LogP contribution < -0.4 is 14.8 Å². The van der Waals surface area contributed by atoms with E-state index in [0.29, 0.717) is 38.7 Å². The van der Waals surface area contributed by atoms with E-state index in [1.807, 2.05) is 18.2 Å². The summed E-state index contributed by atoms with van der Waals surface area (Å²) in [4.78, 5) is 26.7. The molecule has 2 aliphatic rings. The van der Waals surface area contributed by atoms with Gasteiger partial charge in [0.15, 0.2) is 11.5 Å². The number of aliphatic carboxylic acids is 1. The van der Waals surface area contributed by atoms with E-state index in [2.05, 4.69) is 14.9 Å². The number of nitrogens with one attached hydrogen (secondary N) is 1. The molecule has 1 aromatic heterocycles. The fraction of sp³-hybridized carbons (Fsp3) is 0.421. The van der Waals surface area contributed by atoms with Crippen molar-refractivity contribution in [2.75, 3.05) is 19.8 Å². The molecule has 3 heterocycles. The number of benzene rings is 1. The minimum atomic E-state index is -0.990. The second kappa shape index (κ2) is 7.89. The highest BCUT2D eigenvalue weighted by Gasteiger charge is 2.24. The van der Waals surface area contributed by atoms with Gasteiger partial charge in [0, 0.05) is 18.5 Å². The maximum Gasteiger partial charge on any atom is 0.303 e. The molecule has 2 N–H and O–H groups in total. The second-order valence-corrected chi connectivity index (χ2v) is 6.66. The highest BCUT2D eigenvalue weighted by atomic mass is 16.6. The van der Waals surface area contributed by atoms with E-state index >= 15 is 0 Å². The molecule has 0 bridgehead atoms. The normalized spacial score (nSPS) is 17.6. The summed E-state index contributed by atoms with van der Waals surface area (Å²) in [7, 11) is 0. The monoisotopic (exact) mass is 387 g/mol. The molecule has 9 nitrogen and oxygen atoms in total. The van der Waals surface area contributed by atoms with Gasteiger partial charge >= 0.3 is 5.97 Å².